The van der Waals surface area contributed by atoms with Gasteiger partial charge in [-0.25, -0.2) is 9.97 Å². The SMILES string of the molecule is Cc1cc(N2CCCC2)nc(CNC(=O)C2CCC(=O)N2)n1. The third-order valence-electron chi connectivity index (χ3n) is 4.05. The number of hydrogen-bond donors (Lipinski definition) is 2. The minimum atomic E-state index is -0.421. The first-order valence-corrected chi connectivity index (χ1v) is 7.78. The largest absolute Gasteiger partial charge is 0.357 e. The normalized spacial score (nSPS) is 21.0. The molecule has 22 heavy (non-hydrogen) atoms. The highest BCUT2D eigenvalue weighted by Gasteiger charge is 2.27. The molecule has 2 fully saturated rings. The van der Waals surface area contributed by atoms with Crippen LogP contribution in [-0.2, 0) is 16.1 Å². The van der Waals surface area contributed by atoms with Crippen LogP contribution in [0.1, 0.15) is 37.2 Å². The Labute approximate surface area is 129 Å². The van der Waals surface area contributed by atoms with E-state index in [1.54, 1.807) is 0 Å². The third kappa shape index (κ3) is 3.35. The molecule has 1 atom stereocenters. The topological polar surface area (TPSA) is 87.2 Å². The van der Waals surface area contributed by atoms with Gasteiger partial charge in [-0.05, 0) is 26.2 Å². The summed E-state index contributed by atoms with van der Waals surface area (Å²) in [5, 5.41) is 5.47. The predicted octanol–water partition coefficient (Wildman–Crippen LogP) is 0.280. The average Bonchev–Trinajstić information content (AvgIpc) is 3.15. The Morgan fingerprint density at radius 3 is 2.86 bits per heavy atom. The Hall–Kier alpha value is -2.18. The molecule has 2 aliphatic heterocycles. The van der Waals surface area contributed by atoms with Gasteiger partial charge in [0.2, 0.25) is 11.8 Å². The first-order valence-electron chi connectivity index (χ1n) is 7.78. The van der Waals surface area contributed by atoms with Crippen LogP contribution in [0.5, 0.6) is 0 Å². The Balaban J connectivity index is 1.62. The van der Waals surface area contributed by atoms with E-state index in [0.29, 0.717) is 18.7 Å². The molecule has 3 rings (SSSR count). The highest BCUT2D eigenvalue weighted by atomic mass is 16.2. The first-order chi connectivity index (χ1) is 10.6. The number of amides is 2. The molecule has 7 heteroatoms. The van der Waals surface area contributed by atoms with Crippen molar-refractivity contribution in [2.24, 2.45) is 0 Å². The van der Waals surface area contributed by atoms with E-state index in [9.17, 15) is 9.59 Å². The molecule has 1 aromatic rings. The Morgan fingerprint density at radius 2 is 2.18 bits per heavy atom. The lowest BCUT2D eigenvalue weighted by molar-refractivity contribution is -0.125. The molecular weight excluding hydrogens is 282 g/mol. The second-order valence-corrected chi connectivity index (χ2v) is 5.85. The zero-order valence-corrected chi connectivity index (χ0v) is 12.8. The van der Waals surface area contributed by atoms with Crippen molar-refractivity contribution in [2.45, 2.75) is 45.2 Å². The van der Waals surface area contributed by atoms with E-state index in [1.807, 2.05) is 13.0 Å². The van der Waals surface area contributed by atoms with Gasteiger partial charge in [0.05, 0.1) is 6.54 Å². The van der Waals surface area contributed by atoms with Gasteiger partial charge in [-0.2, -0.15) is 0 Å². The van der Waals surface area contributed by atoms with Crippen molar-refractivity contribution in [2.75, 3.05) is 18.0 Å². The number of nitrogens with one attached hydrogen (secondary N) is 2. The molecule has 2 saturated heterocycles. The Morgan fingerprint density at radius 1 is 1.41 bits per heavy atom. The van der Waals surface area contributed by atoms with E-state index >= 15 is 0 Å². The van der Waals surface area contributed by atoms with Gasteiger partial charge in [0.1, 0.15) is 17.7 Å². The maximum atomic E-state index is 12.0. The number of anilines is 1. The van der Waals surface area contributed by atoms with Gasteiger partial charge in [-0.3, -0.25) is 9.59 Å². The van der Waals surface area contributed by atoms with Gasteiger partial charge in [0.25, 0.3) is 0 Å². The summed E-state index contributed by atoms with van der Waals surface area (Å²) in [4.78, 5) is 34.3. The van der Waals surface area contributed by atoms with E-state index in [4.69, 9.17) is 0 Å². The molecule has 7 nitrogen and oxygen atoms in total. The van der Waals surface area contributed by atoms with Gasteiger partial charge in [0.15, 0.2) is 0 Å². The molecular formula is C15H21N5O2. The smallest absolute Gasteiger partial charge is 0.242 e. The monoisotopic (exact) mass is 303 g/mol. The van der Waals surface area contributed by atoms with Crippen molar-refractivity contribution < 1.29 is 9.59 Å². The minimum absolute atomic E-state index is 0.0664. The standard InChI is InChI=1S/C15H21N5O2/c1-10-8-13(20-6-2-3-7-20)19-12(17-10)9-16-15(22)11-4-5-14(21)18-11/h8,11H,2-7,9H2,1H3,(H,16,22)(H,18,21). The molecule has 0 saturated carbocycles. The predicted molar refractivity (Wildman–Crippen MR) is 81.2 cm³/mol. The molecule has 1 unspecified atom stereocenters. The first kappa shape index (κ1) is 14.7. The number of carbonyl (C=O) groups excluding carboxylic acids is 2. The summed E-state index contributed by atoms with van der Waals surface area (Å²) in [6, 6.07) is 1.56. The van der Waals surface area contributed by atoms with Gasteiger partial charge in [-0.1, -0.05) is 0 Å². The second kappa shape index (κ2) is 6.29. The summed E-state index contributed by atoms with van der Waals surface area (Å²) in [6.07, 6.45) is 3.35. The van der Waals surface area contributed by atoms with Crippen LogP contribution in [0.3, 0.4) is 0 Å². The van der Waals surface area contributed by atoms with Crippen LogP contribution in [0.25, 0.3) is 0 Å². The van der Waals surface area contributed by atoms with Crippen molar-refractivity contribution in [1.29, 1.82) is 0 Å². The summed E-state index contributed by atoms with van der Waals surface area (Å²) in [7, 11) is 0. The zero-order valence-electron chi connectivity index (χ0n) is 12.8. The van der Waals surface area contributed by atoms with Gasteiger partial charge in [0, 0.05) is 31.3 Å². The van der Waals surface area contributed by atoms with E-state index in [-0.39, 0.29) is 18.4 Å². The molecule has 0 radical (unpaired) electrons. The van der Waals surface area contributed by atoms with E-state index in [2.05, 4.69) is 25.5 Å². The van der Waals surface area contributed by atoms with Crippen molar-refractivity contribution >= 4 is 17.6 Å². The summed E-state index contributed by atoms with van der Waals surface area (Å²) in [6.45, 7) is 4.27. The highest BCUT2D eigenvalue weighted by Crippen LogP contribution is 2.18. The van der Waals surface area contributed by atoms with E-state index in [1.165, 1.54) is 12.8 Å². The minimum Gasteiger partial charge on any atom is -0.357 e. The molecule has 0 aliphatic carbocycles. The molecule has 0 aromatic carbocycles. The van der Waals surface area contributed by atoms with Crippen molar-refractivity contribution in [1.82, 2.24) is 20.6 Å². The molecule has 0 bridgehead atoms. The molecule has 1 aromatic heterocycles. The molecule has 2 aliphatic rings. The molecule has 118 valence electrons. The number of aryl methyl sites for hydroxylation is 1. The molecule has 3 heterocycles. The van der Waals surface area contributed by atoms with Crippen LogP contribution >= 0.6 is 0 Å². The maximum Gasteiger partial charge on any atom is 0.242 e. The van der Waals surface area contributed by atoms with E-state index in [0.717, 1.165) is 24.6 Å². The lowest BCUT2D eigenvalue weighted by Gasteiger charge is -2.18. The van der Waals surface area contributed by atoms with Crippen molar-refractivity contribution in [3.8, 4) is 0 Å². The Kier molecular flexibility index (Phi) is 4.22. The quantitative estimate of drug-likeness (QED) is 0.834. The second-order valence-electron chi connectivity index (χ2n) is 5.85. The average molecular weight is 303 g/mol. The zero-order chi connectivity index (χ0) is 15.5. The van der Waals surface area contributed by atoms with Crippen molar-refractivity contribution in [3.63, 3.8) is 0 Å². The van der Waals surface area contributed by atoms with Gasteiger partial charge < -0.3 is 15.5 Å². The van der Waals surface area contributed by atoms with Crippen LogP contribution in [0.4, 0.5) is 5.82 Å². The summed E-state index contributed by atoms with van der Waals surface area (Å²) >= 11 is 0. The fraction of sp³-hybridized carbons (Fsp3) is 0.600. The number of carbonyl (C=O) groups is 2. The number of rotatable bonds is 4. The lowest BCUT2D eigenvalue weighted by Crippen LogP contribution is -2.41. The molecule has 2 N–H and O–H groups in total. The van der Waals surface area contributed by atoms with Crippen LogP contribution in [-0.4, -0.2) is 40.9 Å². The molecule has 0 spiro atoms. The number of nitrogens with zero attached hydrogens (tertiary/aromatic N) is 3. The fourth-order valence-electron chi connectivity index (χ4n) is 2.90. The molecule has 2 amide bonds. The van der Waals surface area contributed by atoms with Crippen LogP contribution in [0, 0.1) is 6.92 Å². The van der Waals surface area contributed by atoms with Crippen molar-refractivity contribution in [3.05, 3.63) is 17.6 Å². The third-order valence-corrected chi connectivity index (χ3v) is 4.05. The van der Waals surface area contributed by atoms with Crippen LogP contribution < -0.4 is 15.5 Å². The lowest BCUT2D eigenvalue weighted by atomic mass is 10.2. The fourth-order valence-corrected chi connectivity index (χ4v) is 2.90. The van der Waals surface area contributed by atoms with Gasteiger partial charge >= 0.3 is 0 Å². The maximum absolute atomic E-state index is 12.0. The van der Waals surface area contributed by atoms with E-state index < -0.39 is 6.04 Å². The number of hydrogen-bond acceptors (Lipinski definition) is 5. The van der Waals surface area contributed by atoms with Gasteiger partial charge in [-0.15, -0.1) is 0 Å². The summed E-state index contributed by atoms with van der Waals surface area (Å²) < 4.78 is 0. The number of aromatic nitrogens is 2. The Bertz CT molecular complexity index is 583. The highest BCUT2D eigenvalue weighted by molar-refractivity contribution is 5.90. The summed E-state index contributed by atoms with van der Waals surface area (Å²) in [5.41, 5.74) is 0.898. The summed E-state index contributed by atoms with van der Waals surface area (Å²) in [5.74, 6) is 1.31. The van der Waals surface area contributed by atoms with Crippen LogP contribution in [0.15, 0.2) is 6.07 Å². The van der Waals surface area contributed by atoms with Crippen LogP contribution in [0.2, 0.25) is 0 Å².